The second-order valence-corrected chi connectivity index (χ2v) is 7.98. The number of H-pyrrole nitrogens is 1. The average Bonchev–Trinajstić information content (AvgIpc) is 3.39. The van der Waals surface area contributed by atoms with Gasteiger partial charge in [-0.3, -0.25) is 15.3 Å². The van der Waals surface area contributed by atoms with Gasteiger partial charge in [-0.1, -0.05) is 12.1 Å². The zero-order chi connectivity index (χ0) is 22.8. The number of halogens is 1. The molecular weight excluding hydrogens is 446 g/mol. The molecule has 1 aliphatic heterocycles. The number of nitrogens with one attached hydrogen (secondary N) is 3. The van der Waals surface area contributed by atoms with Crippen LogP contribution in [0.2, 0.25) is 0 Å². The number of nitrogens with zero attached hydrogens (tertiary/aromatic N) is 2. The van der Waals surface area contributed by atoms with Gasteiger partial charge in [0.1, 0.15) is 18.1 Å². The standard InChI is InChI=1S/C23H22ClN5O4/c24-8-11-33-15-6-4-14(5-7-15)20-19-21(27-26-20)16-2-1-3-17(18(16)22(19)30)25-23(31)28-29-9-12-32-13-10-29/h1-7H,8-13H2,(H,26,27)(H2,25,28,31). The summed E-state index contributed by atoms with van der Waals surface area (Å²) in [7, 11) is 0. The minimum Gasteiger partial charge on any atom is -0.492 e. The summed E-state index contributed by atoms with van der Waals surface area (Å²) in [6.45, 7) is 2.75. The van der Waals surface area contributed by atoms with Gasteiger partial charge in [0.05, 0.1) is 41.6 Å². The third-order valence-corrected chi connectivity index (χ3v) is 5.70. The van der Waals surface area contributed by atoms with Gasteiger partial charge >= 0.3 is 6.03 Å². The Morgan fingerprint density at radius 1 is 1.15 bits per heavy atom. The second kappa shape index (κ2) is 9.22. The molecule has 5 rings (SSSR count). The van der Waals surface area contributed by atoms with Crippen LogP contribution in [0, 0.1) is 0 Å². The predicted molar refractivity (Wildman–Crippen MR) is 124 cm³/mol. The molecule has 1 saturated heterocycles. The number of aromatic nitrogens is 2. The summed E-state index contributed by atoms with van der Waals surface area (Å²) in [5.74, 6) is 0.917. The lowest BCUT2D eigenvalue weighted by molar-refractivity contribution is 0.0207. The highest BCUT2D eigenvalue weighted by atomic mass is 35.5. The minimum absolute atomic E-state index is 0.187. The maximum Gasteiger partial charge on any atom is 0.333 e. The number of morpholine rings is 1. The maximum atomic E-state index is 13.4. The third kappa shape index (κ3) is 4.18. The summed E-state index contributed by atoms with van der Waals surface area (Å²) < 4.78 is 10.8. The van der Waals surface area contributed by atoms with Gasteiger partial charge in [-0.25, -0.2) is 9.80 Å². The van der Waals surface area contributed by atoms with Crippen LogP contribution in [0.15, 0.2) is 42.5 Å². The van der Waals surface area contributed by atoms with Crippen molar-refractivity contribution in [1.29, 1.82) is 0 Å². The van der Waals surface area contributed by atoms with Gasteiger partial charge in [0.25, 0.3) is 0 Å². The van der Waals surface area contributed by atoms with Gasteiger partial charge in [-0.2, -0.15) is 5.10 Å². The van der Waals surface area contributed by atoms with E-state index in [1.54, 1.807) is 17.1 Å². The molecule has 1 fully saturated rings. The topological polar surface area (TPSA) is 109 Å². The summed E-state index contributed by atoms with van der Waals surface area (Å²) in [6.07, 6.45) is 0. The molecule has 2 heterocycles. The number of rotatable bonds is 6. The number of carbonyl (C=O) groups excluding carboxylic acids is 2. The molecule has 170 valence electrons. The van der Waals surface area contributed by atoms with Crippen molar-refractivity contribution in [3.8, 4) is 28.3 Å². The zero-order valence-electron chi connectivity index (χ0n) is 17.7. The van der Waals surface area contributed by atoms with Gasteiger partial charge in [-0.15, -0.1) is 11.6 Å². The highest BCUT2D eigenvalue weighted by Crippen LogP contribution is 2.43. The monoisotopic (exact) mass is 467 g/mol. The molecule has 3 N–H and O–H groups in total. The molecule has 1 aromatic heterocycles. The molecule has 0 atom stereocenters. The first kappa shape index (κ1) is 21.4. The number of ketones is 1. The molecule has 0 radical (unpaired) electrons. The van der Waals surface area contributed by atoms with Crippen LogP contribution in [-0.2, 0) is 4.74 Å². The van der Waals surface area contributed by atoms with Crippen LogP contribution in [0.25, 0.3) is 22.5 Å². The van der Waals surface area contributed by atoms with E-state index in [0.717, 1.165) is 5.56 Å². The Morgan fingerprint density at radius 3 is 2.70 bits per heavy atom. The molecule has 0 unspecified atom stereocenters. The second-order valence-electron chi connectivity index (χ2n) is 7.61. The fraction of sp³-hybridized carbons (Fsp3) is 0.261. The molecule has 9 nitrogen and oxygen atoms in total. The fourth-order valence-corrected chi connectivity index (χ4v) is 4.11. The molecule has 33 heavy (non-hydrogen) atoms. The summed E-state index contributed by atoms with van der Waals surface area (Å²) in [4.78, 5) is 26.0. The van der Waals surface area contributed by atoms with Crippen molar-refractivity contribution in [2.24, 2.45) is 0 Å². The molecule has 2 aromatic carbocycles. The van der Waals surface area contributed by atoms with Crippen molar-refractivity contribution in [2.75, 3.05) is 44.1 Å². The first-order valence-corrected chi connectivity index (χ1v) is 11.1. The molecule has 0 spiro atoms. The number of anilines is 1. The Bertz CT molecular complexity index is 1190. The normalized spacial score (nSPS) is 15.1. The summed E-state index contributed by atoms with van der Waals surface area (Å²) in [5, 5.41) is 12.0. The minimum atomic E-state index is -0.406. The molecule has 0 saturated carbocycles. The van der Waals surface area contributed by atoms with E-state index >= 15 is 0 Å². The van der Waals surface area contributed by atoms with Gasteiger partial charge in [0.15, 0.2) is 5.78 Å². The number of hydrogen-bond acceptors (Lipinski definition) is 6. The Balaban J connectivity index is 1.39. The molecule has 2 amide bonds. The van der Waals surface area contributed by atoms with Gasteiger partial charge in [0.2, 0.25) is 0 Å². The Labute approximate surface area is 195 Å². The number of urea groups is 1. The lowest BCUT2D eigenvalue weighted by Crippen LogP contribution is -2.49. The van der Waals surface area contributed by atoms with Crippen LogP contribution in [-0.4, -0.2) is 65.8 Å². The van der Waals surface area contributed by atoms with Crippen molar-refractivity contribution in [3.63, 3.8) is 0 Å². The van der Waals surface area contributed by atoms with Crippen molar-refractivity contribution in [3.05, 3.63) is 53.6 Å². The number of ether oxygens (including phenoxy) is 2. The van der Waals surface area contributed by atoms with Crippen LogP contribution in [0.5, 0.6) is 5.75 Å². The van der Waals surface area contributed by atoms with Crippen molar-refractivity contribution < 1.29 is 19.1 Å². The van der Waals surface area contributed by atoms with E-state index < -0.39 is 6.03 Å². The zero-order valence-corrected chi connectivity index (χ0v) is 18.4. The van der Waals surface area contributed by atoms with Crippen LogP contribution >= 0.6 is 11.6 Å². The number of carbonyl (C=O) groups is 2. The smallest absolute Gasteiger partial charge is 0.333 e. The Morgan fingerprint density at radius 2 is 1.94 bits per heavy atom. The average molecular weight is 468 g/mol. The molecule has 3 aromatic rings. The fourth-order valence-electron chi connectivity index (χ4n) is 4.03. The Kier molecular flexibility index (Phi) is 5.99. The lowest BCUT2D eigenvalue weighted by Gasteiger charge is -2.27. The van der Waals surface area contributed by atoms with E-state index in [4.69, 9.17) is 21.1 Å². The molecule has 1 aliphatic carbocycles. The maximum absolute atomic E-state index is 13.4. The van der Waals surface area contributed by atoms with Crippen LogP contribution in [0.1, 0.15) is 15.9 Å². The van der Waals surface area contributed by atoms with Crippen molar-refractivity contribution >= 4 is 29.1 Å². The number of hydrogen-bond donors (Lipinski definition) is 3. The molecule has 10 heteroatoms. The van der Waals surface area contributed by atoms with Gasteiger partial charge < -0.3 is 14.8 Å². The highest BCUT2D eigenvalue weighted by Gasteiger charge is 2.35. The third-order valence-electron chi connectivity index (χ3n) is 5.55. The number of fused-ring (bicyclic) bond motifs is 3. The Hall–Kier alpha value is -3.40. The summed E-state index contributed by atoms with van der Waals surface area (Å²) in [6, 6.07) is 12.3. The number of amides is 2. The predicted octanol–water partition coefficient (Wildman–Crippen LogP) is 3.27. The van der Waals surface area contributed by atoms with Crippen LogP contribution < -0.4 is 15.5 Å². The number of alkyl halides is 1. The first-order valence-electron chi connectivity index (χ1n) is 10.6. The SMILES string of the molecule is O=C(Nc1cccc2c1C(=O)c1c-2n[nH]c1-c1ccc(OCCCl)cc1)NN1CCOCC1. The molecular formula is C23H22ClN5O4. The number of benzene rings is 2. The van der Waals surface area contributed by atoms with E-state index in [2.05, 4.69) is 20.9 Å². The van der Waals surface area contributed by atoms with Crippen molar-refractivity contribution in [1.82, 2.24) is 20.6 Å². The summed E-state index contributed by atoms with van der Waals surface area (Å²) >= 11 is 5.67. The van der Waals surface area contributed by atoms with E-state index in [0.29, 0.717) is 78.3 Å². The van der Waals surface area contributed by atoms with E-state index in [-0.39, 0.29) is 5.78 Å². The first-order chi connectivity index (χ1) is 16.2. The molecule has 0 bridgehead atoms. The number of hydrazine groups is 1. The van der Waals surface area contributed by atoms with E-state index in [1.807, 2.05) is 30.3 Å². The van der Waals surface area contributed by atoms with Crippen molar-refractivity contribution in [2.45, 2.75) is 0 Å². The van der Waals surface area contributed by atoms with Crippen LogP contribution in [0.3, 0.4) is 0 Å². The largest absolute Gasteiger partial charge is 0.492 e. The number of aromatic amines is 1. The lowest BCUT2D eigenvalue weighted by atomic mass is 10.0. The molecule has 2 aliphatic rings. The van der Waals surface area contributed by atoms with Crippen LogP contribution in [0.4, 0.5) is 10.5 Å². The van der Waals surface area contributed by atoms with E-state index in [1.165, 1.54) is 0 Å². The quantitative estimate of drug-likeness (QED) is 0.375. The van der Waals surface area contributed by atoms with E-state index in [9.17, 15) is 9.59 Å². The summed E-state index contributed by atoms with van der Waals surface area (Å²) in [5.41, 5.74) is 6.85. The highest BCUT2D eigenvalue weighted by molar-refractivity contribution is 6.26. The van der Waals surface area contributed by atoms with Gasteiger partial charge in [-0.05, 0) is 30.3 Å². The van der Waals surface area contributed by atoms with Gasteiger partial charge in [0, 0.05) is 24.2 Å².